The Morgan fingerprint density at radius 1 is 1.03 bits per heavy atom. The minimum atomic E-state index is -0.593. The lowest BCUT2D eigenvalue weighted by molar-refractivity contribution is -0.384. The average Bonchev–Trinajstić information content (AvgIpc) is 2.86. The number of methoxy groups -OCH3 is 1. The lowest BCUT2D eigenvalue weighted by Crippen LogP contribution is -2.54. The number of nitrogens with one attached hydrogen (secondary N) is 1. The predicted molar refractivity (Wildman–Crippen MR) is 133 cm³/mol. The molecular formula is C25H19N3O6S. The number of benzene rings is 3. The highest BCUT2D eigenvalue weighted by Crippen LogP contribution is 2.30. The number of nitro benzene ring substituents is 1. The number of rotatable bonds is 7. The number of hydrogen-bond acceptors (Lipinski definition) is 7. The highest BCUT2D eigenvalue weighted by molar-refractivity contribution is 7.80. The molecule has 1 fully saturated rings. The molecule has 0 aromatic heterocycles. The highest BCUT2D eigenvalue weighted by atomic mass is 32.1. The van der Waals surface area contributed by atoms with E-state index in [0.29, 0.717) is 22.7 Å². The van der Waals surface area contributed by atoms with Gasteiger partial charge < -0.3 is 9.47 Å². The van der Waals surface area contributed by atoms with Gasteiger partial charge in [0.25, 0.3) is 17.5 Å². The van der Waals surface area contributed by atoms with Crippen molar-refractivity contribution in [3.05, 3.63) is 99.6 Å². The van der Waals surface area contributed by atoms with Crippen molar-refractivity contribution < 1.29 is 24.0 Å². The van der Waals surface area contributed by atoms with Gasteiger partial charge in [-0.3, -0.25) is 29.9 Å². The van der Waals surface area contributed by atoms with Crippen LogP contribution in [0.25, 0.3) is 6.08 Å². The summed E-state index contributed by atoms with van der Waals surface area (Å²) in [6.07, 6.45) is 1.46. The van der Waals surface area contributed by atoms with Crippen LogP contribution in [-0.4, -0.2) is 29.0 Å². The number of para-hydroxylation sites is 1. The topological polar surface area (TPSA) is 111 Å². The van der Waals surface area contributed by atoms with Crippen LogP contribution in [0.15, 0.2) is 78.4 Å². The molecule has 4 rings (SSSR count). The minimum Gasteiger partial charge on any atom is -0.493 e. The van der Waals surface area contributed by atoms with Gasteiger partial charge in [-0.25, -0.2) is 0 Å². The largest absolute Gasteiger partial charge is 0.493 e. The zero-order chi connectivity index (χ0) is 24.9. The molecule has 1 saturated heterocycles. The summed E-state index contributed by atoms with van der Waals surface area (Å²) in [5, 5.41) is 13.4. The number of thiocarbonyl (C=S) groups is 1. The first-order chi connectivity index (χ1) is 16.9. The molecule has 2 amide bonds. The summed E-state index contributed by atoms with van der Waals surface area (Å²) in [6.45, 7) is 0.166. The van der Waals surface area contributed by atoms with Gasteiger partial charge in [-0.1, -0.05) is 24.3 Å². The van der Waals surface area contributed by atoms with Gasteiger partial charge in [-0.05, 0) is 65.8 Å². The van der Waals surface area contributed by atoms with E-state index >= 15 is 0 Å². The van der Waals surface area contributed by atoms with Gasteiger partial charge in [0.15, 0.2) is 16.6 Å². The summed E-state index contributed by atoms with van der Waals surface area (Å²) < 4.78 is 11.2. The Labute approximate surface area is 205 Å². The summed E-state index contributed by atoms with van der Waals surface area (Å²) in [4.78, 5) is 37.2. The molecule has 0 saturated carbocycles. The molecule has 0 aliphatic carbocycles. The smallest absolute Gasteiger partial charge is 0.270 e. The second kappa shape index (κ2) is 10.1. The van der Waals surface area contributed by atoms with Crippen LogP contribution in [0, 0.1) is 10.1 Å². The van der Waals surface area contributed by atoms with E-state index in [1.54, 1.807) is 54.6 Å². The number of carbonyl (C=O) groups is 2. The molecule has 0 spiro atoms. The number of nitrogens with zero attached hydrogens (tertiary/aromatic N) is 2. The summed E-state index contributed by atoms with van der Waals surface area (Å²) in [5.41, 5.74) is 1.75. The number of hydrogen-bond donors (Lipinski definition) is 1. The quantitative estimate of drug-likeness (QED) is 0.175. The van der Waals surface area contributed by atoms with Crippen molar-refractivity contribution in [2.45, 2.75) is 6.61 Å². The maximum Gasteiger partial charge on any atom is 0.270 e. The molecule has 0 atom stereocenters. The fourth-order valence-corrected chi connectivity index (χ4v) is 3.68. The van der Waals surface area contributed by atoms with Crippen LogP contribution in [0.2, 0.25) is 0 Å². The Balaban J connectivity index is 1.55. The molecule has 10 heteroatoms. The molecule has 1 aliphatic heterocycles. The van der Waals surface area contributed by atoms with E-state index in [4.69, 9.17) is 21.7 Å². The Bertz CT molecular complexity index is 1340. The summed E-state index contributed by atoms with van der Waals surface area (Å²) in [5.74, 6) is -0.313. The van der Waals surface area contributed by atoms with Crippen LogP contribution in [-0.2, 0) is 16.2 Å². The Morgan fingerprint density at radius 3 is 2.40 bits per heavy atom. The predicted octanol–water partition coefficient (Wildman–Crippen LogP) is 4.01. The van der Waals surface area contributed by atoms with Gasteiger partial charge >= 0.3 is 0 Å². The third kappa shape index (κ3) is 5.17. The fourth-order valence-electron chi connectivity index (χ4n) is 3.40. The molecule has 1 heterocycles. The van der Waals surface area contributed by atoms with Gasteiger partial charge in [0.2, 0.25) is 0 Å². The molecule has 176 valence electrons. The lowest BCUT2D eigenvalue weighted by atomic mass is 10.1. The number of anilines is 1. The summed E-state index contributed by atoms with van der Waals surface area (Å²) >= 11 is 5.20. The first-order valence-corrected chi connectivity index (χ1v) is 10.8. The van der Waals surface area contributed by atoms with Crippen molar-refractivity contribution >= 4 is 46.6 Å². The van der Waals surface area contributed by atoms with E-state index < -0.39 is 16.7 Å². The van der Waals surface area contributed by atoms with Gasteiger partial charge in [-0.15, -0.1) is 0 Å². The van der Waals surface area contributed by atoms with Crippen LogP contribution < -0.4 is 19.7 Å². The zero-order valence-corrected chi connectivity index (χ0v) is 19.3. The molecule has 9 nitrogen and oxygen atoms in total. The van der Waals surface area contributed by atoms with Crippen LogP contribution in [0.5, 0.6) is 11.5 Å². The van der Waals surface area contributed by atoms with Gasteiger partial charge in [0.1, 0.15) is 12.2 Å². The van der Waals surface area contributed by atoms with E-state index in [9.17, 15) is 19.7 Å². The second-order valence-electron chi connectivity index (χ2n) is 7.42. The van der Waals surface area contributed by atoms with E-state index in [1.165, 1.54) is 30.2 Å². The molecule has 3 aromatic rings. The SMILES string of the molecule is COc1cc(C=C2C(=O)NC(=S)N(c3ccccc3)C2=O)ccc1OCc1ccc([N+](=O)[O-])cc1. The molecule has 0 unspecified atom stereocenters. The van der Waals surface area contributed by atoms with E-state index in [2.05, 4.69) is 5.32 Å². The van der Waals surface area contributed by atoms with Crippen molar-refractivity contribution in [2.75, 3.05) is 12.0 Å². The van der Waals surface area contributed by atoms with Crippen LogP contribution >= 0.6 is 12.2 Å². The van der Waals surface area contributed by atoms with Crippen molar-refractivity contribution in [1.82, 2.24) is 5.32 Å². The molecule has 1 N–H and O–H groups in total. The van der Waals surface area contributed by atoms with Crippen molar-refractivity contribution in [3.8, 4) is 11.5 Å². The Morgan fingerprint density at radius 2 is 1.74 bits per heavy atom. The van der Waals surface area contributed by atoms with Crippen molar-refractivity contribution in [1.29, 1.82) is 0 Å². The standard InChI is InChI=1S/C25H19N3O6S/c1-33-22-14-17(9-12-21(22)34-15-16-7-10-19(11-8-16)28(31)32)13-20-23(29)26-25(35)27(24(20)30)18-5-3-2-4-6-18/h2-14H,15H2,1H3,(H,26,29,35). The zero-order valence-electron chi connectivity index (χ0n) is 18.5. The maximum atomic E-state index is 13.1. The second-order valence-corrected chi connectivity index (χ2v) is 7.80. The first-order valence-electron chi connectivity index (χ1n) is 10.4. The van der Waals surface area contributed by atoms with Gasteiger partial charge in [0.05, 0.1) is 17.7 Å². The van der Waals surface area contributed by atoms with E-state index in [1.807, 2.05) is 6.07 Å². The number of amides is 2. The molecule has 3 aromatic carbocycles. The van der Waals surface area contributed by atoms with Gasteiger partial charge in [-0.2, -0.15) is 0 Å². The third-order valence-electron chi connectivity index (χ3n) is 5.16. The molecule has 0 radical (unpaired) electrons. The van der Waals surface area contributed by atoms with E-state index in [0.717, 1.165) is 5.56 Å². The minimum absolute atomic E-state index is 0.00314. The Hall–Kier alpha value is -4.57. The highest BCUT2D eigenvalue weighted by Gasteiger charge is 2.34. The number of nitro groups is 1. The third-order valence-corrected chi connectivity index (χ3v) is 5.44. The van der Waals surface area contributed by atoms with Crippen LogP contribution in [0.4, 0.5) is 11.4 Å². The summed E-state index contributed by atoms with van der Waals surface area (Å²) in [7, 11) is 1.47. The Kier molecular flexibility index (Phi) is 6.83. The fraction of sp³-hybridized carbons (Fsp3) is 0.0800. The molecule has 35 heavy (non-hydrogen) atoms. The van der Waals surface area contributed by atoms with Crippen LogP contribution in [0.3, 0.4) is 0 Å². The first kappa shape index (κ1) is 23.6. The van der Waals surface area contributed by atoms with Crippen molar-refractivity contribution in [3.63, 3.8) is 0 Å². The summed E-state index contributed by atoms with van der Waals surface area (Å²) in [6, 6.07) is 19.8. The molecule has 1 aliphatic rings. The monoisotopic (exact) mass is 489 g/mol. The lowest BCUT2D eigenvalue weighted by Gasteiger charge is -2.28. The maximum absolute atomic E-state index is 13.1. The van der Waals surface area contributed by atoms with E-state index in [-0.39, 0.29) is 23.0 Å². The molecular weight excluding hydrogens is 470 g/mol. The van der Waals surface area contributed by atoms with Crippen molar-refractivity contribution in [2.24, 2.45) is 0 Å². The number of non-ortho nitro benzene ring substituents is 1. The van der Waals surface area contributed by atoms with Gasteiger partial charge in [0, 0.05) is 12.1 Å². The average molecular weight is 490 g/mol. The normalized spacial score (nSPS) is 14.6. The van der Waals surface area contributed by atoms with Crippen LogP contribution in [0.1, 0.15) is 11.1 Å². The number of ether oxygens (including phenoxy) is 2. The number of carbonyl (C=O) groups excluding carboxylic acids is 2. The molecule has 0 bridgehead atoms.